The van der Waals surface area contributed by atoms with E-state index in [0.717, 1.165) is 9.13 Å². The lowest BCUT2D eigenvalue weighted by Gasteiger charge is -2.17. The Hall–Kier alpha value is -0.880. The molecule has 1 aromatic carbocycles. The monoisotopic (exact) mass is 371 g/mol. The normalized spacial score (nSPS) is 10.4. The Kier molecular flexibility index (Phi) is 4.40. The summed E-state index contributed by atoms with van der Waals surface area (Å²) in [5.74, 6) is 0.0687. The molecule has 2 rings (SSSR count). The fraction of sp³-hybridized carbons (Fsp3) is 0.214. The summed E-state index contributed by atoms with van der Waals surface area (Å²) in [5.41, 5.74) is 1.99. The van der Waals surface area contributed by atoms with E-state index in [0.29, 0.717) is 6.54 Å². The second kappa shape index (κ2) is 5.84. The van der Waals surface area contributed by atoms with Gasteiger partial charge in [0, 0.05) is 21.1 Å². The van der Waals surface area contributed by atoms with Gasteiger partial charge < -0.3 is 4.90 Å². The van der Waals surface area contributed by atoms with E-state index in [1.54, 1.807) is 16.2 Å². The zero-order valence-electron chi connectivity index (χ0n) is 10.3. The zero-order valence-corrected chi connectivity index (χ0v) is 13.3. The lowest BCUT2D eigenvalue weighted by atomic mass is 10.2. The van der Waals surface area contributed by atoms with Crippen molar-refractivity contribution in [2.75, 3.05) is 7.05 Å². The lowest BCUT2D eigenvalue weighted by Crippen LogP contribution is -2.26. The Bertz CT molecular complexity index is 547. The molecule has 0 N–H and O–H groups in total. The molecule has 0 bridgehead atoms. The van der Waals surface area contributed by atoms with Gasteiger partial charge in [0.1, 0.15) is 0 Å². The third-order valence-electron chi connectivity index (χ3n) is 2.79. The first kappa shape index (κ1) is 13.5. The Morgan fingerprint density at radius 1 is 1.28 bits per heavy atom. The van der Waals surface area contributed by atoms with Gasteiger partial charge in [-0.05, 0) is 70.8 Å². The summed E-state index contributed by atoms with van der Waals surface area (Å²) in [6.45, 7) is 2.75. The maximum absolute atomic E-state index is 12.2. The quantitative estimate of drug-likeness (QED) is 0.749. The van der Waals surface area contributed by atoms with Crippen LogP contribution in [-0.4, -0.2) is 17.9 Å². The predicted octanol–water partition coefficient (Wildman–Crippen LogP) is 3.93. The smallest absolute Gasteiger partial charge is 0.253 e. The number of nitrogens with zero attached hydrogens (tertiary/aromatic N) is 1. The first-order chi connectivity index (χ1) is 8.58. The van der Waals surface area contributed by atoms with E-state index in [1.807, 2.05) is 31.3 Å². The summed E-state index contributed by atoms with van der Waals surface area (Å²) in [7, 11) is 1.85. The molecular weight excluding hydrogens is 357 g/mol. The molecule has 0 radical (unpaired) electrons. The van der Waals surface area contributed by atoms with Crippen LogP contribution in [0.15, 0.2) is 35.7 Å². The van der Waals surface area contributed by atoms with Gasteiger partial charge in [0.05, 0.1) is 6.54 Å². The van der Waals surface area contributed by atoms with Gasteiger partial charge in [0.2, 0.25) is 0 Å². The standard InChI is InChI=1S/C14H14INOS/c1-10-7-8-18-13(10)9-16(2)14(17)11-3-5-12(15)6-4-11/h3-8H,9H2,1-2H3. The number of amides is 1. The fourth-order valence-corrected chi connectivity index (χ4v) is 2.98. The van der Waals surface area contributed by atoms with Crippen molar-refractivity contribution in [3.05, 3.63) is 55.3 Å². The third kappa shape index (κ3) is 3.11. The molecule has 2 aromatic rings. The van der Waals surface area contributed by atoms with Crippen LogP contribution >= 0.6 is 33.9 Å². The van der Waals surface area contributed by atoms with E-state index >= 15 is 0 Å². The van der Waals surface area contributed by atoms with Crippen molar-refractivity contribution in [1.82, 2.24) is 4.90 Å². The molecule has 0 aliphatic heterocycles. The number of benzene rings is 1. The Morgan fingerprint density at radius 2 is 1.94 bits per heavy atom. The SMILES string of the molecule is Cc1ccsc1CN(C)C(=O)c1ccc(I)cc1. The van der Waals surface area contributed by atoms with Crippen LogP contribution in [0.1, 0.15) is 20.8 Å². The molecule has 0 aliphatic rings. The topological polar surface area (TPSA) is 20.3 Å². The fourth-order valence-electron chi connectivity index (χ4n) is 1.67. The van der Waals surface area contributed by atoms with Gasteiger partial charge in [-0.1, -0.05) is 0 Å². The summed E-state index contributed by atoms with van der Waals surface area (Å²) in [6, 6.07) is 9.75. The number of halogens is 1. The van der Waals surface area contributed by atoms with Crippen LogP contribution in [0, 0.1) is 10.5 Å². The number of thiophene rings is 1. The van der Waals surface area contributed by atoms with Crippen LogP contribution in [0.2, 0.25) is 0 Å². The van der Waals surface area contributed by atoms with Crippen molar-refractivity contribution >= 4 is 39.8 Å². The van der Waals surface area contributed by atoms with Gasteiger partial charge in [-0.25, -0.2) is 0 Å². The molecule has 0 atom stereocenters. The molecule has 94 valence electrons. The molecule has 0 fully saturated rings. The van der Waals surface area contributed by atoms with Crippen LogP contribution in [0.25, 0.3) is 0 Å². The Morgan fingerprint density at radius 3 is 2.50 bits per heavy atom. The number of carbonyl (C=O) groups excluding carboxylic acids is 1. The van der Waals surface area contributed by atoms with Crippen LogP contribution < -0.4 is 0 Å². The number of carbonyl (C=O) groups is 1. The average Bonchev–Trinajstić information content (AvgIpc) is 2.75. The summed E-state index contributed by atoms with van der Waals surface area (Å²) in [4.78, 5) is 15.2. The lowest BCUT2D eigenvalue weighted by molar-refractivity contribution is 0.0786. The third-order valence-corrected chi connectivity index (χ3v) is 4.51. The summed E-state index contributed by atoms with van der Waals surface area (Å²) in [5, 5.41) is 2.06. The highest BCUT2D eigenvalue weighted by atomic mass is 127. The van der Waals surface area contributed by atoms with E-state index in [4.69, 9.17) is 0 Å². The van der Waals surface area contributed by atoms with E-state index in [-0.39, 0.29) is 5.91 Å². The molecule has 4 heteroatoms. The van der Waals surface area contributed by atoms with E-state index in [1.165, 1.54) is 10.4 Å². The molecule has 18 heavy (non-hydrogen) atoms. The minimum atomic E-state index is 0.0687. The van der Waals surface area contributed by atoms with E-state index < -0.39 is 0 Å². The highest BCUT2D eigenvalue weighted by molar-refractivity contribution is 14.1. The number of rotatable bonds is 3. The Labute approximate surface area is 125 Å². The van der Waals surface area contributed by atoms with Crippen LogP contribution in [0.3, 0.4) is 0 Å². The predicted molar refractivity (Wildman–Crippen MR) is 84.0 cm³/mol. The van der Waals surface area contributed by atoms with Gasteiger partial charge in [-0.3, -0.25) is 4.79 Å². The molecule has 0 saturated carbocycles. The van der Waals surface area contributed by atoms with Crippen molar-refractivity contribution in [3.8, 4) is 0 Å². The number of hydrogen-bond acceptors (Lipinski definition) is 2. The molecule has 0 unspecified atom stereocenters. The summed E-state index contributed by atoms with van der Waals surface area (Å²) < 4.78 is 1.14. The summed E-state index contributed by atoms with van der Waals surface area (Å²) >= 11 is 3.93. The Balaban J connectivity index is 2.09. The van der Waals surface area contributed by atoms with Crippen molar-refractivity contribution < 1.29 is 4.79 Å². The van der Waals surface area contributed by atoms with E-state index in [9.17, 15) is 4.79 Å². The molecule has 1 aromatic heterocycles. The molecule has 0 saturated heterocycles. The van der Waals surface area contributed by atoms with Gasteiger partial charge in [-0.2, -0.15) is 0 Å². The molecule has 0 spiro atoms. The first-order valence-electron chi connectivity index (χ1n) is 5.62. The molecule has 1 amide bonds. The van der Waals surface area contributed by atoms with Crippen molar-refractivity contribution in [3.63, 3.8) is 0 Å². The van der Waals surface area contributed by atoms with Gasteiger partial charge in [-0.15, -0.1) is 11.3 Å². The molecular formula is C14H14INOS. The largest absolute Gasteiger partial charge is 0.337 e. The first-order valence-corrected chi connectivity index (χ1v) is 7.58. The zero-order chi connectivity index (χ0) is 13.1. The average molecular weight is 371 g/mol. The highest BCUT2D eigenvalue weighted by Gasteiger charge is 2.13. The van der Waals surface area contributed by atoms with Gasteiger partial charge in [0.25, 0.3) is 5.91 Å². The number of hydrogen-bond donors (Lipinski definition) is 0. The van der Waals surface area contributed by atoms with Crippen LogP contribution in [0.5, 0.6) is 0 Å². The van der Waals surface area contributed by atoms with E-state index in [2.05, 4.69) is 41.0 Å². The molecule has 1 heterocycles. The van der Waals surface area contributed by atoms with Crippen molar-refractivity contribution in [2.24, 2.45) is 0 Å². The maximum Gasteiger partial charge on any atom is 0.253 e. The van der Waals surface area contributed by atoms with Crippen molar-refractivity contribution in [1.29, 1.82) is 0 Å². The van der Waals surface area contributed by atoms with Crippen LogP contribution in [0.4, 0.5) is 0 Å². The van der Waals surface area contributed by atoms with Crippen molar-refractivity contribution in [2.45, 2.75) is 13.5 Å². The molecule has 2 nitrogen and oxygen atoms in total. The minimum absolute atomic E-state index is 0.0687. The van der Waals surface area contributed by atoms with Crippen LogP contribution in [-0.2, 0) is 6.54 Å². The second-order valence-electron chi connectivity index (χ2n) is 4.19. The van der Waals surface area contributed by atoms with Gasteiger partial charge in [0.15, 0.2) is 0 Å². The maximum atomic E-state index is 12.2. The highest BCUT2D eigenvalue weighted by Crippen LogP contribution is 2.18. The number of aryl methyl sites for hydroxylation is 1. The molecule has 0 aliphatic carbocycles. The van der Waals surface area contributed by atoms with Gasteiger partial charge >= 0.3 is 0 Å². The minimum Gasteiger partial charge on any atom is -0.337 e. The summed E-state index contributed by atoms with van der Waals surface area (Å²) in [6.07, 6.45) is 0. The second-order valence-corrected chi connectivity index (χ2v) is 6.44.